The van der Waals surface area contributed by atoms with Crippen LogP contribution in [0.5, 0.6) is 6.01 Å². The molecule has 0 aliphatic heterocycles. The summed E-state index contributed by atoms with van der Waals surface area (Å²) >= 11 is 0. The fourth-order valence-electron chi connectivity index (χ4n) is 2.33. The summed E-state index contributed by atoms with van der Waals surface area (Å²) in [6.45, 7) is 0.0883. The van der Waals surface area contributed by atoms with Gasteiger partial charge in [0.05, 0.1) is 5.69 Å². The summed E-state index contributed by atoms with van der Waals surface area (Å²) in [6.07, 6.45) is 1.55. The second kappa shape index (κ2) is 7.93. The Kier molecular flexibility index (Phi) is 5.23. The van der Waals surface area contributed by atoms with Crippen molar-refractivity contribution in [1.82, 2.24) is 14.8 Å². The predicted octanol–water partition coefficient (Wildman–Crippen LogP) is 2.28. The van der Waals surface area contributed by atoms with Crippen molar-refractivity contribution in [3.63, 3.8) is 0 Å². The number of ether oxygens (including phenoxy) is 1. The molecule has 0 radical (unpaired) electrons. The van der Waals surface area contributed by atoms with Crippen molar-refractivity contribution in [2.45, 2.75) is 6.61 Å². The Balaban J connectivity index is 1.78. The Bertz CT molecular complexity index is 922. The lowest BCUT2D eigenvalue weighted by molar-refractivity contribution is -0.129. The van der Waals surface area contributed by atoms with Crippen molar-refractivity contribution in [2.24, 2.45) is 5.16 Å². The van der Waals surface area contributed by atoms with Crippen LogP contribution in [0.25, 0.3) is 5.69 Å². The van der Waals surface area contributed by atoms with Crippen molar-refractivity contribution in [3.05, 3.63) is 72.1 Å². The molecule has 0 saturated carbocycles. The fourth-order valence-corrected chi connectivity index (χ4v) is 2.33. The number of oxime groups is 1. The van der Waals surface area contributed by atoms with Crippen LogP contribution in [-0.4, -0.2) is 38.7 Å². The molecule has 1 N–H and O–H groups in total. The molecule has 2 aromatic carbocycles. The van der Waals surface area contributed by atoms with E-state index in [0.29, 0.717) is 11.1 Å². The average molecular weight is 352 g/mol. The van der Waals surface area contributed by atoms with Gasteiger partial charge in [0.2, 0.25) is 0 Å². The van der Waals surface area contributed by atoms with E-state index in [9.17, 15) is 9.90 Å². The molecule has 0 unspecified atom stereocenters. The molecule has 0 saturated heterocycles. The van der Waals surface area contributed by atoms with Gasteiger partial charge in [-0.1, -0.05) is 47.6 Å². The lowest BCUT2D eigenvalue weighted by Gasteiger charge is -2.08. The van der Waals surface area contributed by atoms with Gasteiger partial charge in [-0.15, -0.1) is 5.10 Å². The molecule has 26 heavy (non-hydrogen) atoms. The van der Waals surface area contributed by atoms with Gasteiger partial charge in [-0.05, 0) is 17.7 Å². The maximum absolute atomic E-state index is 11.4. The molecule has 0 spiro atoms. The highest BCUT2D eigenvalue weighted by atomic mass is 16.6. The highest BCUT2D eigenvalue weighted by Gasteiger charge is 2.18. The number of carboxylic acids is 1. The van der Waals surface area contributed by atoms with Gasteiger partial charge in [-0.3, -0.25) is 0 Å². The largest absolute Gasteiger partial charge is 0.476 e. The predicted molar refractivity (Wildman–Crippen MR) is 93.3 cm³/mol. The van der Waals surface area contributed by atoms with Gasteiger partial charge in [0.15, 0.2) is 5.71 Å². The second-order valence-electron chi connectivity index (χ2n) is 5.18. The minimum Gasteiger partial charge on any atom is -0.476 e. The van der Waals surface area contributed by atoms with E-state index >= 15 is 0 Å². The first-order chi connectivity index (χ1) is 12.7. The maximum Gasteiger partial charge on any atom is 0.358 e. The Hall–Kier alpha value is -3.68. The Morgan fingerprint density at radius 3 is 2.62 bits per heavy atom. The first-order valence-corrected chi connectivity index (χ1v) is 7.71. The number of nitrogens with zero attached hydrogens (tertiary/aromatic N) is 4. The number of hydrogen-bond acceptors (Lipinski definition) is 6. The number of carboxylic acid groups (broad SMARTS) is 1. The minimum absolute atomic E-state index is 0.0883. The zero-order valence-corrected chi connectivity index (χ0v) is 13.9. The molecule has 0 fully saturated rings. The smallest absolute Gasteiger partial charge is 0.358 e. The van der Waals surface area contributed by atoms with Crippen LogP contribution < -0.4 is 4.74 Å². The summed E-state index contributed by atoms with van der Waals surface area (Å²) in [5.41, 5.74) is 1.69. The SMILES string of the molecule is CO/N=C(/C(=O)O)c1ccccc1COc1ncn(-c2ccccc2)n1. The number of aliphatic carboxylic acids is 1. The lowest BCUT2D eigenvalue weighted by Crippen LogP contribution is -2.17. The number of carbonyl (C=O) groups is 1. The van der Waals surface area contributed by atoms with E-state index in [1.807, 2.05) is 30.3 Å². The van der Waals surface area contributed by atoms with Crippen LogP contribution in [0.15, 0.2) is 66.1 Å². The molecule has 0 aliphatic carbocycles. The van der Waals surface area contributed by atoms with Crippen LogP contribution in [0, 0.1) is 0 Å². The quantitative estimate of drug-likeness (QED) is 0.517. The van der Waals surface area contributed by atoms with Crippen molar-refractivity contribution >= 4 is 11.7 Å². The van der Waals surface area contributed by atoms with Crippen LogP contribution in [0.4, 0.5) is 0 Å². The number of rotatable bonds is 7. The molecule has 8 nitrogen and oxygen atoms in total. The van der Waals surface area contributed by atoms with E-state index in [-0.39, 0.29) is 18.3 Å². The zero-order valence-electron chi connectivity index (χ0n) is 13.9. The van der Waals surface area contributed by atoms with E-state index in [0.717, 1.165) is 5.69 Å². The van der Waals surface area contributed by atoms with E-state index in [1.54, 1.807) is 35.3 Å². The van der Waals surface area contributed by atoms with Gasteiger partial charge in [-0.2, -0.15) is 4.98 Å². The van der Waals surface area contributed by atoms with E-state index in [1.165, 1.54) is 7.11 Å². The summed E-state index contributed by atoms with van der Waals surface area (Å²) in [5, 5.41) is 17.2. The molecular weight excluding hydrogens is 336 g/mol. The fraction of sp³-hybridized carbons (Fsp3) is 0.111. The second-order valence-corrected chi connectivity index (χ2v) is 5.18. The molecule has 0 amide bonds. The highest BCUT2D eigenvalue weighted by Crippen LogP contribution is 2.15. The summed E-state index contributed by atoms with van der Waals surface area (Å²) in [6, 6.07) is 16.6. The Morgan fingerprint density at radius 1 is 1.15 bits per heavy atom. The van der Waals surface area contributed by atoms with Crippen LogP contribution in [0.2, 0.25) is 0 Å². The van der Waals surface area contributed by atoms with Crippen LogP contribution in [0.1, 0.15) is 11.1 Å². The topological polar surface area (TPSA) is 98.8 Å². The summed E-state index contributed by atoms with van der Waals surface area (Å²) in [4.78, 5) is 20.1. The molecular formula is C18H16N4O4. The van der Waals surface area contributed by atoms with Crippen LogP contribution >= 0.6 is 0 Å². The zero-order chi connectivity index (χ0) is 18.4. The molecule has 132 valence electrons. The molecule has 0 bridgehead atoms. The summed E-state index contributed by atoms with van der Waals surface area (Å²) in [7, 11) is 1.29. The van der Waals surface area contributed by atoms with Gasteiger partial charge in [-0.25, -0.2) is 9.48 Å². The Labute approximate surface area is 149 Å². The number of aromatic nitrogens is 3. The summed E-state index contributed by atoms with van der Waals surface area (Å²) < 4.78 is 7.20. The van der Waals surface area contributed by atoms with Gasteiger partial charge in [0, 0.05) is 5.56 Å². The molecule has 1 aromatic heterocycles. The van der Waals surface area contributed by atoms with E-state index in [4.69, 9.17) is 4.74 Å². The van der Waals surface area contributed by atoms with Crippen molar-refractivity contribution in [2.75, 3.05) is 7.11 Å². The lowest BCUT2D eigenvalue weighted by atomic mass is 10.0. The third kappa shape index (κ3) is 3.86. The van der Waals surface area contributed by atoms with Gasteiger partial charge in [0.1, 0.15) is 20.0 Å². The average Bonchev–Trinajstić information content (AvgIpc) is 3.14. The first kappa shape index (κ1) is 17.2. The van der Waals surface area contributed by atoms with Crippen molar-refractivity contribution < 1.29 is 19.5 Å². The minimum atomic E-state index is -1.19. The molecule has 3 rings (SSSR count). The van der Waals surface area contributed by atoms with Gasteiger partial charge >= 0.3 is 12.0 Å². The third-order valence-corrected chi connectivity index (χ3v) is 3.51. The van der Waals surface area contributed by atoms with Crippen LogP contribution in [-0.2, 0) is 16.2 Å². The van der Waals surface area contributed by atoms with E-state index in [2.05, 4.69) is 20.1 Å². The number of benzene rings is 2. The molecule has 0 aliphatic rings. The maximum atomic E-state index is 11.4. The molecule has 3 aromatic rings. The molecule has 1 heterocycles. The standard InChI is InChI=1S/C18H16N4O4/c1-25-21-16(17(23)24)15-10-6-5-7-13(15)11-26-18-19-12-22(20-18)14-8-3-2-4-9-14/h2-10,12H,11H2,1H3,(H,23,24)/b21-16+. The van der Waals surface area contributed by atoms with Crippen molar-refractivity contribution in [1.29, 1.82) is 0 Å². The molecule has 0 atom stereocenters. The van der Waals surface area contributed by atoms with Gasteiger partial charge in [0.25, 0.3) is 0 Å². The Morgan fingerprint density at radius 2 is 1.88 bits per heavy atom. The van der Waals surface area contributed by atoms with E-state index < -0.39 is 5.97 Å². The monoisotopic (exact) mass is 352 g/mol. The summed E-state index contributed by atoms with van der Waals surface area (Å²) in [5.74, 6) is -1.19. The van der Waals surface area contributed by atoms with Gasteiger partial charge < -0.3 is 14.7 Å². The first-order valence-electron chi connectivity index (χ1n) is 7.71. The third-order valence-electron chi connectivity index (χ3n) is 3.51. The highest BCUT2D eigenvalue weighted by molar-refractivity contribution is 6.42. The van der Waals surface area contributed by atoms with Crippen molar-refractivity contribution in [3.8, 4) is 11.7 Å². The normalized spacial score (nSPS) is 11.2. The van der Waals surface area contributed by atoms with Crippen LogP contribution in [0.3, 0.4) is 0 Å². The number of para-hydroxylation sites is 1. The molecule has 8 heteroatoms. The number of hydrogen-bond donors (Lipinski definition) is 1.